The summed E-state index contributed by atoms with van der Waals surface area (Å²) in [6, 6.07) is 61.4. The molecule has 8 aromatic carbocycles. The van der Waals surface area contributed by atoms with E-state index in [9.17, 15) is 0 Å². The fourth-order valence-electron chi connectivity index (χ4n) is 16.9. The zero-order valence-electron chi connectivity index (χ0n) is 49.3. The van der Waals surface area contributed by atoms with Crippen LogP contribution in [0.15, 0.2) is 173 Å². The quantitative estimate of drug-likeness (QED) is 0.164. The number of fused-ring (bicyclic) bond motifs is 16. The van der Waals surface area contributed by atoms with Gasteiger partial charge in [-0.2, -0.15) is 0 Å². The van der Waals surface area contributed by atoms with E-state index in [4.69, 9.17) is 9.15 Å². The van der Waals surface area contributed by atoms with Gasteiger partial charge in [-0.1, -0.05) is 191 Å². The SMILES string of the molecule is CC(C)c1ccc(N2C3=C(OC4(C3)c3ccccc3-c3ccccc34)B3c4cc5c(cc4N(c4ccc(C(C)(C)C)cc4)c4cc(N6c7ccccc7C7(C)CCCCC67C)cc2c43)oc2c3c(ccc25)C(C)(C)CCC3(C)C)cc1. The highest BCUT2D eigenvalue weighted by molar-refractivity contribution is 6.95. The molecule has 4 aliphatic heterocycles. The molecule has 7 aliphatic rings. The van der Waals surface area contributed by atoms with E-state index in [0.717, 1.165) is 65.0 Å². The van der Waals surface area contributed by atoms with Crippen LogP contribution in [0.5, 0.6) is 0 Å². The van der Waals surface area contributed by atoms with Crippen molar-refractivity contribution in [2.24, 2.45) is 0 Å². The van der Waals surface area contributed by atoms with Crippen molar-refractivity contribution in [1.29, 1.82) is 0 Å². The van der Waals surface area contributed by atoms with Crippen LogP contribution in [-0.2, 0) is 32.0 Å². The van der Waals surface area contributed by atoms with Crippen molar-refractivity contribution in [2.75, 3.05) is 14.7 Å². The number of ether oxygens (including phenoxy) is 1. The van der Waals surface area contributed by atoms with Gasteiger partial charge in [-0.05, 0) is 142 Å². The maximum atomic E-state index is 8.25. The smallest absolute Gasteiger partial charge is 0.296 e. The summed E-state index contributed by atoms with van der Waals surface area (Å²) in [7, 11) is 0. The lowest BCUT2D eigenvalue weighted by atomic mass is 9.35. The molecule has 3 aliphatic carbocycles. The summed E-state index contributed by atoms with van der Waals surface area (Å²) in [4.78, 5) is 8.05. The van der Waals surface area contributed by atoms with Crippen LogP contribution < -0.4 is 25.6 Å². The van der Waals surface area contributed by atoms with Crippen molar-refractivity contribution in [1.82, 2.24) is 0 Å². The fourth-order valence-corrected chi connectivity index (χ4v) is 16.9. The van der Waals surface area contributed by atoms with Crippen molar-refractivity contribution in [3.05, 3.63) is 208 Å². The summed E-state index contributed by atoms with van der Waals surface area (Å²) < 4.78 is 15.7. The number of rotatable bonds is 4. The third kappa shape index (κ3) is 6.51. The van der Waals surface area contributed by atoms with E-state index in [1.807, 2.05) is 0 Å². The number of para-hydroxylation sites is 1. The average Bonchev–Trinajstić information content (AvgIpc) is 4.29. The van der Waals surface area contributed by atoms with Gasteiger partial charge in [0.05, 0.1) is 16.9 Å². The van der Waals surface area contributed by atoms with Crippen LogP contribution >= 0.6 is 0 Å². The van der Waals surface area contributed by atoms with Gasteiger partial charge in [0.25, 0.3) is 6.71 Å². The Morgan fingerprint density at radius 2 is 1.16 bits per heavy atom. The van der Waals surface area contributed by atoms with Crippen LogP contribution in [-0.4, -0.2) is 12.3 Å². The van der Waals surface area contributed by atoms with E-state index in [1.165, 1.54) is 108 Å². The maximum Gasteiger partial charge on any atom is 0.296 e. The largest absolute Gasteiger partial charge is 0.489 e. The van der Waals surface area contributed by atoms with Gasteiger partial charge >= 0.3 is 0 Å². The predicted octanol–water partition coefficient (Wildman–Crippen LogP) is 18.7. The zero-order chi connectivity index (χ0) is 55.5. The molecule has 1 fully saturated rings. The van der Waals surface area contributed by atoms with E-state index in [0.29, 0.717) is 12.3 Å². The molecule has 1 aromatic heterocycles. The summed E-state index contributed by atoms with van der Waals surface area (Å²) in [5.74, 6) is 0.398. The van der Waals surface area contributed by atoms with E-state index in [1.54, 1.807) is 0 Å². The number of hydrogen-bond acceptors (Lipinski definition) is 5. The number of hydrogen-bond donors (Lipinski definition) is 0. The average molecular weight is 1060 g/mol. The van der Waals surface area contributed by atoms with Gasteiger partial charge in [-0.25, -0.2) is 0 Å². The zero-order valence-corrected chi connectivity index (χ0v) is 49.3. The Kier molecular flexibility index (Phi) is 10.00. The first-order valence-corrected chi connectivity index (χ1v) is 30.4. The summed E-state index contributed by atoms with van der Waals surface area (Å²) in [5.41, 5.74) is 26.0. The van der Waals surface area contributed by atoms with Crippen LogP contribution in [0.3, 0.4) is 0 Å². The summed E-state index contributed by atoms with van der Waals surface area (Å²) in [5, 5.41) is 2.35. The standard InChI is InChI=1S/C75H74BN3O2/c1-45(2)46-26-30-48(31-27-46)78-63-41-50(79-60-25-17-16-24-57(60)73(10)36-18-19-37-74(73,79)11)40-62-67(63)76(69-64(78)44-75(81-69)55-22-14-12-20-51(55)52-21-13-15-23-56(52)75)59-42-54-53-34-35-58-66(72(8,9)39-38-71(58,6)7)68(53)80-65(54)43-61(59)77(62)49-32-28-47(29-33-49)70(3,4)5/h12-17,20-35,40-43,45H,18-19,36-39,44H2,1-11H3. The molecule has 1 spiro atoms. The lowest BCUT2D eigenvalue weighted by Gasteiger charge is -2.51. The first-order valence-electron chi connectivity index (χ1n) is 30.4. The molecule has 1 saturated carbocycles. The van der Waals surface area contributed by atoms with E-state index < -0.39 is 5.60 Å². The minimum Gasteiger partial charge on any atom is -0.489 e. The molecular weight excluding hydrogens is 986 g/mol. The number of furan rings is 1. The molecule has 81 heavy (non-hydrogen) atoms. The van der Waals surface area contributed by atoms with Crippen LogP contribution in [0.4, 0.5) is 39.8 Å². The van der Waals surface area contributed by atoms with Crippen molar-refractivity contribution >= 4 is 79.4 Å². The van der Waals surface area contributed by atoms with Crippen molar-refractivity contribution in [3.8, 4) is 11.1 Å². The molecule has 16 rings (SSSR count). The summed E-state index contributed by atoms with van der Waals surface area (Å²) in [6.07, 6.45) is 7.65. The third-order valence-corrected chi connectivity index (χ3v) is 21.6. The molecule has 404 valence electrons. The Labute approximate surface area is 479 Å². The number of anilines is 7. The minimum atomic E-state index is -0.742. The van der Waals surface area contributed by atoms with Gasteiger partial charge in [0.15, 0.2) is 5.60 Å². The molecule has 9 aromatic rings. The van der Waals surface area contributed by atoms with E-state index in [2.05, 4.69) is 249 Å². The topological polar surface area (TPSA) is 32.1 Å². The fraction of sp³-hybridized carbons (Fsp3) is 0.333. The second-order valence-corrected chi connectivity index (χ2v) is 28.4. The molecule has 6 heteroatoms. The Morgan fingerprint density at radius 3 is 1.85 bits per heavy atom. The van der Waals surface area contributed by atoms with Crippen LogP contribution in [0.1, 0.15) is 166 Å². The first kappa shape index (κ1) is 49.4. The first-order chi connectivity index (χ1) is 38.8. The Balaban J connectivity index is 1.04. The van der Waals surface area contributed by atoms with E-state index >= 15 is 0 Å². The highest BCUT2D eigenvalue weighted by Gasteiger charge is 2.60. The van der Waals surface area contributed by atoms with Crippen molar-refractivity contribution in [2.45, 2.75) is 160 Å². The summed E-state index contributed by atoms with van der Waals surface area (Å²) >= 11 is 0. The predicted molar refractivity (Wildman–Crippen MR) is 338 cm³/mol. The molecular formula is C75H74BN3O2. The van der Waals surface area contributed by atoms with Crippen LogP contribution in [0, 0.1) is 0 Å². The monoisotopic (exact) mass is 1060 g/mol. The Morgan fingerprint density at radius 1 is 0.543 bits per heavy atom. The molecule has 0 N–H and O–H groups in total. The molecule has 0 bridgehead atoms. The van der Waals surface area contributed by atoms with Gasteiger partial charge < -0.3 is 23.9 Å². The second kappa shape index (κ2) is 16.4. The molecule has 2 unspecified atom stereocenters. The molecule has 0 radical (unpaired) electrons. The Bertz CT molecular complexity index is 4160. The number of benzene rings is 8. The third-order valence-electron chi connectivity index (χ3n) is 21.6. The highest BCUT2D eigenvalue weighted by Crippen LogP contribution is 2.64. The van der Waals surface area contributed by atoms with Gasteiger partial charge in [0, 0.05) is 85.2 Å². The van der Waals surface area contributed by atoms with E-state index in [-0.39, 0.29) is 33.9 Å². The lowest BCUT2D eigenvalue weighted by Crippen LogP contribution is -2.57. The molecule has 5 heterocycles. The van der Waals surface area contributed by atoms with Crippen molar-refractivity contribution in [3.63, 3.8) is 0 Å². The van der Waals surface area contributed by atoms with Crippen LogP contribution in [0.2, 0.25) is 0 Å². The Hall–Kier alpha value is -7.44. The summed E-state index contributed by atoms with van der Waals surface area (Å²) in [6.45, 7) is 26.1. The molecule has 2 atom stereocenters. The normalized spacial score (nSPS) is 22.1. The second-order valence-electron chi connectivity index (χ2n) is 28.4. The van der Waals surface area contributed by atoms with Gasteiger partial charge in [-0.3, -0.25) is 0 Å². The van der Waals surface area contributed by atoms with Gasteiger partial charge in [-0.15, -0.1) is 0 Å². The molecule has 5 nitrogen and oxygen atoms in total. The molecule has 0 saturated heterocycles. The number of nitrogens with zero attached hydrogens (tertiary/aromatic N) is 3. The highest BCUT2D eigenvalue weighted by atomic mass is 16.5. The maximum absolute atomic E-state index is 8.25. The minimum absolute atomic E-state index is 0.0165. The molecule has 0 amide bonds. The van der Waals surface area contributed by atoms with Gasteiger partial charge in [0.2, 0.25) is 0 Å². The van der Waals surface area contributed by atoms with Crippen LogP contribution in [0.25, 0.3) is 33.1 Å². The lowest BCUT2D eigenvalue weighted by molar-refractivity contribution is 0.0783. The van der Waals surface area contributed by atoms with Crippen molar-refractivity contribution < 1.29 is 9.15 Å². The van der Waals surface area contributed by atoms with Gasteiger partial charge in [0.1, 0.15) is 11.2 Å².